The molecule has 0 saturated heterocycles. The lowest BCUT2D eigenvalue weighted by molar-refractivity contribution is 0.0955. The molecule has 0 bridgehead atoms. The molecule has 4 heteroatoms. The molecule has 0 aliphatic carbocycles. The molecule has 1 amide bonds. The fraction of sp³-hybridized carbons (Fsp3) is 0.188. The first-order chi connectivity index (χ1) is 9.58. The van der Waals surface area contributed by atoms with Crippen LogP contribution in [0.15, 0.2) is 42.5 Å². The summed E-state index contributed by atoms with van der Waals surface area (Å²) < 4.78 is 13.0. The van der Waals surface area contributed by atoms with Gasteiger partial charge in [0.05, 0.1) is 5.56 Å². The highest BCUT2D eigenvalue weighted by molar-refractivity contribution is 5.99. The first-order valence-electron chi connectivity index (χ1n) is 6.45. The molecular weight excluding hydrogens is 255 g/mol. The summed E-state index contributed by atoms with van der Waals surface area (Å²) in [5.41, 5.74) is 8.58. The Kier molecular flexibility index (Phi) is 4.35. The number of benzene rings is 2. The van der Waals surface area contributed by atoms with Gasteiger partial charge in [-0.3, -0.25) is 4.79 Å². The SMILES string of the molecule is Cc1cccc(C(=O)NCCc2cccc(F)c2)c1N. The third kappa shape index (κ3) is 3.35. The molecule has 0 fully saturated rings. The van der Waals surface area contributed by atoms with E-state index < -0.39 is 0 Å². The van der Waals surface area contributed by atoms with Crippen LogP contribution in [-0.2, 0) is 6.42 Å². The van der Waals surface area contributed by atoms with E-state index in [4.69, 9.17) is 5.73 Å². The average Bonchev–Trinajstić information content (AvgIpc) is 2.42. The van der Waals surface area contributed by atoms with Gasteiger partial charge in [0, 0.05) is 12.2 Å². The summed E-state index contributed by atoms with van der Waals surface area (Å²) in [5.74, 6) is -0.473. The van der Waals surface area contributed by atoms with Crippen LogP contribution in [0.2, 0.25) is 0 Å². The number of carbonyl (C=O) groups is 1. The molecule has 0 spiro atoms. The predicted octanol–water partition coefficient (Wildman–Crippen LogP) is 2.69. The molecule has 0 unspecified atom stereocenters. The maximum Gasteiger partial charge on any atom is 0.253 e. The topological polar surface area (TPSA) is 55.1 Å². The number of para-hydroxylation sites is 1. The molecular formula is C16H17FN2O. The normalized spacial score (nSPS) is 10.3. The summed E-state index contributed by atoms with van der Waals surface area (Å²) >= 11 is 0. The van der Waals surface area contributed by atoms with Gasteiger partial charge >= 0.3 is 0 Å². The minimum Gasteiger partial charge on any atom is -0.398 e. The highest BCUT2D eigenvalue weighted by Crippen LogP contribution is 2.16. The maximum absolute atomic E-state index is 13.0. The minimum absolute atomic E-state index is 0.206. The molecule has 0 aliphatic rings. The van der Waals surface area contributed by atoms with E-state index in [0.29, 0.717) is 24.2 Å². The molecule has 20 heavy (non-hydrogen) atoms. The Balaban J connectivity index is 1.94. The molecule has 0 aliphatic heterocycles. The van der Waals surface area contributed by atoms with Gasteiger partial charge in [0.25, 0.3) is 5.91 Å². The van der Waals surface area contributed by atoms with Crippen molar-refractivity contribution in [2.45, 2.75) is 13.3 Å². The summed E-state index contributed by atoms with van der Waals surface area (Å²) in [5, 5.41) is 2.79. The van der Waals surface area contributed by atoms with Crippen molar-refractivity contribution in [3.63, 3.8) is 0 Å². The third-order valence-electron chi connectivity index (χ3n) is 3.16. The molecule has 0 heterocycles. The van der Waals surface area contributed by atoms with Gasteiger partial charge in [-0.05, 0) is 42.7 Å². The van der Waals surface area contributed by atoms with E-state index in [9.17, 15) is 9.18 Å². The summed E-state index contributed by atoms with van der Waals surface area (Å²) in [7, 11) is 0. The van der Waals surface area contributed by atoms with Crippen molar-refractivity contribution in [2.24, 2.45) is 0 Å². The Hall–Kier alpha value is -2.36. The minimum atomic E-state index is -0.267. The summed E-state index contributed by atoms with van der Waals surface area (Å²) in [6.45, 7) is 2.30. The second-order valence-electron chi connectivity index (χ2n) is 4.67. The van der Waals surface area contributed by atoms with Crippen molar-refractivity contribution in [2.75, 3.05) is 12.3 Å². The smallest absolute Gasteiger partial charge is 0.253 e. The van der Waals surface area contributed by atoms with E-state index >= 15 is 0 Å². The second-order valence-corrected chi connectivity index (χ2v) is 4.67. The van der Waals surface area contributed by atoms with Gasteiger partial charge in [0.2, 0.25) is 0 Å². The molecule has 2 rings (SSSR count). The number of nitrogens with two attached hydrogens (primary N) is 1. The molecule has 0 atom stereocenters. The van der Waals surface area contributed by atoms with Crippen molar-refractivity contribution < 1.29 is 9.18 Å². The van der Waals surface area contributed by atoms with Crippen molar-refractivity contribution in [1.29, 1.82) is 0 Å². The fourth-order valence-corrected chi connectivity index (χ4v) is 1.99. The number of hydrogen-bond acceptors (Lipinski definition) is 2. The standard InChI is InChI=1S/C16H17FN2O/c1-11-4-2-7-14(15(11)18)16(20)19-9-8-12-5-3-6-13(17)10-12/h2-7,10H,8-9,18H2,1H3,(H,19,20). The Bertz CT molecular complexity index is 626. The third-order valence-corrected chi connectivity index (χ3v) is 3.16. The van der Waals surface area contributed by atoms with Gasteiger partial charge in [-0.25, -0.2) is 4.39 Å². The van der Waals surface area contributed by atoms with Gasteiger partial charge in [0.15, 0.2) is 0 Å². The van der Waals surface area contributed by atoms with Crippen molar-refractivity contribution in [1.82, 2.24) is 5.32 Å². The molecule has 2 aromatic rings. The highest BCUT2D eigenvalue weighted by atomic mass is 19.1. The number of hydrogen-bond donors (Lipinski definition) is 2. The lowest BCUT2D eigenvalue weighted by Gasteiger charge is -2.09. The molecule has 0 aromatic heterocycles. The number of amides is 1. The summed E-state index contributed by atoms with van der Waals surface area (Å²) in [6.07, 6.45) is 0.579. The maximum atomic E-state index is 13.0. The van der Waals surface area contributed by atoms with Crippen LogP contribution in [0.3, 0.4) is 0 Å². The average molecular weight is 272 g/mol. The van der Waals surface area contributed by atoms with Crippen LogP contribution in [0.5, 0.6) is 0 Å². The number of anilines is 1. The van der Waals surface area contributed by atoms with Gasteiger partial charge < -0.3 is 11.1 Å². The van der Waals surface area contributed by atoms with Gasteiger partial charge in [-0.2, -0.15) is 0 Å². The van der Waals surface area contributed by atoms with Crippen LogP contribution in [-0.4, -0.2) is 12.5 Å². The zero-order valence-electron chi connectivity index (χ0n) is 11.3. The largest absolute Gasteiger partial charge is 0.398 e. The van der Waals surface area contributed by atoms with Crippen LogP contribution in [0.1, 0.15) is 21.5 Å². The van der Waals surface area contributed by atoms with Crippen LogP contribution >= 0.6 is 0 Å². The molecule has 104 valence electrons. The quantitative estimate of drug-likeness (QED) is 0.841. The first kappa shape index (κ1) is 14.1. The van der Waals surface area contributed by atoms with Crippen molar-refractivity contribution in [3.05, 3.63) is 65.0 Å². The number of aryl methyl sites for hydroxylation is 1. The summed E-state index contributed by atoms with van der Waals surface area (Å²) in [4.78, 5) is 12.0. The van der Waals surface area contributed by atoms with Crippen LogP contribution in [0.4, 0.5) is 10.1 Å². The lowest BCUT2D eigenvalue weighted by atomic mass is 10.1. The summed E-state index contributed by atoms with van der Waals surface area (Å²) in [6, 6.07) is 11.7. The number of nitrogen functional groups attached to an aromatic ring is 1. The van der Waals surface area contributed by atoms with Crippen LogP contribution in [0, 0.1) is 12.7 Å². The van der Waals surface area contributed by atoms with Crippen LogP contribution in [0.25, 0.3) is 0 Å². The molecule has 0 radical (unpaired) electrons. The molecule has 0 saturated carbocycles. The molecule has 3 nitrogen and oxygen atoms in total. The van der Waals surface area contributed by atoms with Crippen molar-refractivity contribution in [3.8, 4) is 0 Å². The number of nitrogens with one attached hydrogen (secondary N) is 1. The van der Waals surface area contributed by atoms with E-state index in [2.05, 4.69) is 5.32 Å². The van der Waals surface area contributed by atoms with E-state index in [1.165, 1.54) is 12.1 Å². The van der Waals surface area contributed by atoms with Gasteiger partial charge in [-0.1, -0.05) is 24.3 Å². The highest BCUT2D eigenvalue weighted by Gasteiger charge is 2.10. The van der Waals surface area contributed by atoms with E-state index in [1.807, 2.05) is 19.1 Å². The van der Waals surface area contributed by atoms with Crippen molar-refractivity contribution >= 4 is 11.6 Å². The Morgan fingerprint density at radius 2 is 2.00 bits per heavy atom. The Labute approximate surface area is 117 Å². The van der Waals surface area contributed by atoms with E-state index in [0.717, 1.165) is 11.1 Å². The first-order valence-corrected chi connectivity index (χ1v) is 6.45. The van der Waals surface area contributed by atoms with Crippen LogP contribution < -0.4 is 11.1 Å². The molecule has 2 aromatic carbocycles. The zero-order chi connectivity index (χ0) is 14.5. The Morgan fingerprint density at radius 1 is 1.25 bits per heavy atom. The number of rotatable bonds is 4. The number of carbonyl (C=O) groups excluding carboxylic acids is 1. The Morgan fingerprint density at radius 3 is 2.75 bits per heavy atom. The van der Waals surface area contributed by atoms with E-state index in [-0.39, 0.29) is 11.7 Å². The zero-order valence-corrected chi connectivity index (χ0v) is 11.3. The fourth-order valence-electron chi connectivity index (χ4n) is 1.99. The number of halogens is 1. The van der Waals surface area contributed by atoms with Gasteiger partial charge in [-0.15, -0.1) is 0 Å². The second kappa shape index (κ2) is 6.19. The lowest BCUT2D eigenvalue weighted by Crippen LogP contribution is -2.26. The van der Waals surface area contributed by atoms with Gasteiger partial charge in [0.1, 0.15) is 5.82 Å². The predicted molar refractivity (Wildman–Crippen MR) is 78.0 cm³/mol. The van der Waals surface area contributed by atoms with E-state index in [1.54, 1.807) is 18.2 Å². The molecule has 3 N–H and O–H groups in total. The monoisotopic (exact) mass is 272 g/mol.